The van der Waals surface area contributed by atoms with Crippen LogP contribution in [0, 0.1) is 29.4 Å². The molecule has 0 aliphatic heterocycles. The number of carboxylic acids is 2. The summed E-state index contributed by atoms with van der Waals surface area (Å²) < 4.78 is 231. The van der Waals surface area contributed by atoms with Gasteiger partial charge in [0.1, 0.15) is 52.7 Å². The van der Waals surface area contributed by atoms with E-state index in [4.69, 9.17) is 25.2 Å². The highest BCUT2D eigenvalue weighted by Gasteiger charge is 2.68. The number of nitrogens with zero attached hydrogens (tertiary/aromatic N) is 6. The van der Waals surface area contributed by atoms with E-state index in [-0.39, 0.29) is 54.7 Å². The van der Waals surface area contributed by atoms with Gasteiger partial charge in [-0.15, -0.1) is 0 Å². The Morgan fingerprint density at radius 1 is 0.889 bits per heavy atom. The Labute approximate surface area is 566 Å². The summed E-state index contributed by atoms with van der Waals surface area (Å²) in [6.07, 6.45) is -15.1. The monoisotopic (exact) mass is 1480 g/mol. The van der Waals surface area contributed by atoms with Crippen molar-refractivity contribution in [2.24, 2.45) is 5.92 Å². The van der Waals surface area contributed by atoms with E-state index in [1.807, 2.05) is 0 Å². The van der Waals surface area contributed by atoms with Gasteiger partial charge in [-0.1, -0.05) is 49.6 Å². The lowest BCUT2D eigenvalue weighted by Gasteiger charge is -2.32. The zero-order chi connectivity index (χ0) is 73.8. The maximum absolute atomic E-state index is 15.8. The number of benzene rings is 3. The largest absolute Gasteiger partial charge is 0.530 e. The van der Waals surface area contributed by atoms with Gasteiger partial charge in [0.05, 0.1) is 59.6 Å². The fourth-order valence-corrected chi connectivity index (χ4v) is 14.0. The molecule has 5 N–H and O–H groups in total. The van der Waals surface area contributed by atoms with E-state index in [1.165, 1.54) is 73.6 Å². The summed E-state index contributed by atoms with van der Waals surface area (Å²) in [4.78, 5) is 71.0. The molecule has 2 aliphatic carbocycles. The van der Waals surface area contributed by atoms with E-state index in [2.05, 4.69) is 37.7 Å². The number of alkyl halides is 8. The van der Waals surface area contributed by atoms with E-state index >= 15 is 30.7 Å². The van der Waals surface area contributed by atoms with Crippen LogP contribution in [0.15, 0.2) is 60.7 Å². The number of pyridine rings is 1. The van der Waals surface area contributed by atoms with Crippen molar-refractivity contribution in [1.82, 2.24) is 39.5 Å². The maximum Gasteiger partial charge on any atom is 0.530 e. The number of hydrogen-bond acceptors (Lipinski definition) is 15. The van der Waals surface area contributed by atoms with Crippen molar-refractivity contribution in [3.63, 3.8) is 0 Å². The summed E-state index contributed by atoms with van der Waals surface area (Å²) >= 11 is 3.42. The maximum atomic E-state index is 15.8. The highest BCUT2D eigenvalue weighted by Crippen LogP contribution is 2.68. The number of carboxylic acid groups (broad SMARTS) is 2. The number of phosphoric ester groups is 1. The molecule has 6 aromatic rings. The Balaban J connectivity index is 1.28. The molecular formula is C62H64ClF10N8O15PS2. The topological polar surface area (TPSA) is 318 Å². The fraction of sp³-hybridized carbons (Fsp3) is 0.452. The molecule has 536 valence electrons. The Morgan fingerprint density at radius 2 is 1.52 bits per heavy atom. The number of aliphatic carboxylic acids is 2. The first-order valence-electron chi connectivity index (χ1n) is 29.8. The molecule has 0 bridgehead atoms. The van der Waals surface area contributed by atoms with Gasteiger partial charge in [-0.05, 0) is 114 Å². The Hall–Kier alpha value is -8.00. The van der Waals surface area contributed by atoms with E-state index in [0.717, 1.165) is 42.7 Å². The zero-order valence-electron chi connectivity index (χ0n) is 53.7. The van der Waals surface area contributed by atoms with Crippen molar-refractivity contribution in [2.75, 3.05) is 6.26 Å². The molecule has 8 rings (SSSR count). The molecular weight excluding hydrogens is 1420 g/mol. The summed E-state index contributed by atoms with van der Waals surface area (Å²) in [7, 11) is -8.66. The van der Waals surface area contributed by atoms with Crippen LogP contribution in [-0.4, -0.2) is 121 Å². The van der Waals surface area contributed by atoms with Gasteiger partial charge in [-0.3, -0.25) is 42.1 Å². The molecule has 99 heavy (non-hydrogen) atoms. The predicted molar refractivity (Wildman–Crippen MR) is 334 cm³/mol. The summed E-state index contributed by atoms with van der Waals surface area (Å²) in [5, 5.41) is 30.2. The molecule has 0 spiro atoms. The molecule has 0 radical (unpaired) electrons. The quantitative estimate of drug-likeness (QED) is 0.0138. The Bertz CT molecular complexity index is 4440. The second kappa shape index (κ2) is 28.6. The van der Waals surface area contributed by atoms with Crippen LogP contribution in [0.1, 0.15) is 137 Å². The van der Waals surface area contributed by atoms with Crippen LogP contribution in [0.4, 0.5) is 43.9 Å². The number of aromatic nitrogens is 5. The first-order valence-corrected chi connectivity index (χ1v) is 34.6. The molecule has 2 aliphatic rings. The Kier molecular flexibility index (Phi) is 22.1. The molecule has 1 fully saturated rings. The number of sulfone groups is 1. The van der Waals surface area contributed by atoms with Gasteiger partial charge in [0.15, 0.2) is 15.5 Å². The number of nitrogens with one attached hydrogen (secondary N) is 2. The molecule has 3 heterocycles. The number of carbonyl (C=O) groups excluding carboxylic acids is 3. The second-order valence-electron chi connectivity index (χ2n) is 25.2. The number of halogens is 11. The summed E-state index contributed by atoms with van der Waals surface area (Å²) in [5.41, 5.74) is -8.79. The predicted octanol–water partition coefficient (Wildman–Crippen LogP) is 11.0. The minimum atomic E-state index is -5.28. The first-order chi connectivity index (χ1) is 45.6. The van der Waals surface area contributed by atoms with Crippen molar-refractivity contribution in [1.29, 1.82) is 0 Å². The van der Waals surface area contributed by atoms with Crippen LogP contribution in [0.5, 0.6) is 5.75 Å². The zero-order valence-corrected chi connectivity index (χ0v) is 57.0. The van der Waals surface area contributed by atoms with E-state index in [9.17, 15) is 69.1 Å². The highest BCUT2D eigenvalue weighted by molar-refractivity contribution is 7.92. The molecule has 0 saturated heterocycles. The van der Waals surface area contributed by atoms with Crippen LogP contribution in [-0.2, 0) is 109 Å². The third kappa shape index (κ3) is 17.8. The van der Waals surface area contributed by atoms with Gasteiger partial charge < -0.3 is 25.4 Å². The van der Waals surface area contributed by atoms with Crippen LogP contribution in [0.25, 0.3) is 22.0 Å². The van der Waals surface area contributed by atoms with Crippen LogP contribution >= 0.6 is 19.4 Å². The smallest absolute Gasteiger partial charge is 0.481 e. The average Bonchev–Trinajstić information content (AvgIpc) is 1.52. The molecule has 1 saturated carbocycles. The van der Waals surface area contributed by atoms with Gasteiger partial charge in [0.2, 0.25) is 17.7 Å². The first kappa shape index (κ1) is 76.7. The molecule has 5 atom stereocenters. The molecule has 23 nitrogen and oxygen atoms in total. The third-order valence-electron chi connectivity index (χ3n) is 15.8. The van der Waals surface area contributed by atoms with Crippen molar-refractivity contribution < 1.29 is 113 Å². The number of carbonyl (C=O) groups is 5. The summed E-state index contributed by atoms with van der Waals surface area (Å²) in [6.45, 7) is 6.52. The van der Waals surface area contributed by atoms with E-state index in [0.29, 0.717) is 10.7 Å². The number of amides is 3. The Morgan fingerprint density at radius 3 is 2.08 bits per heavy atom. The average molecular weight is 1480 g/mol. The lowest BCUT2D eigenvalue weighted by atomic mass is 9.77. The number of phosphoric acid groups is 1. The van der Waals surface area contributed by atoms with Crippen LogP contribution in [0.3, 0.4) is 0 Å². The lowest BCUT2D eigenvalue weighted by Crippen LogP contribution is -2.43. The van der Waals surface area contributed by atoms with Gasteiger partial charge in [-0.25, -0.2) is 40.1 Å². The van der Waals surface area contributed by atoms with Crippen molar-refractivity contribution in [3.8, 4) is 28.7 Å². The SMILES string of the molecule is CC(C)OP(=O)(Oc1cccc(CC(=O)N[C@@H](CC(=O)O)C(=O)O)c1C(C)(C)CC(=O)N(Cc1nn(CC(F)(F)F)c2c(-c3ccc(C#CC(C)(C)S(C)(=O)=O)nc3[C@H](Cc3cc(F)cc(F)c3)NC(=O)Cn3nc(C(F)(F)F)c4c3C(F)(F)[C@@H]3C[C@H]43)ccc(Cl)c12)S(=O)O)OC(C)C. The van der Waals surface area contributed by atoms with Gasteiger partial charge in [0.25, 0.3) is 17.2 Å². The standard InChI is InChI=1S/C62H64ClF10N8O15PS2/c1-30(2)94-97(89,95-31(3)4)96-45-12-10-11-33(22-46(82)76-43(57(87)88)25-49(85)86)52(45)58(5,6)26-48(84)81(98(90)91)27-44-51-41(63)16-15-38(54(51)80(77-44)29-60(66,67)68)37-14-13-36(17-18-59(7,8)99(9,92)93)74-53(37)42(21-32-19-34(64)23-35(65)20-32)75-47(83)28-79-56-50(55(78-79)62(71,72)73)39-24-40(39)61(56,69)70/h10-16,19-20,23,30-31,39-40,42-43H,21-22,24-29H2,1-9H3,(H,75,83)(H,76,82)(H,85,86)(H,87,88)(H,90,91)/t39-,40+,42-,43-/m0/s1. The van der Waals surface area contributed by atoms with Crippen LogP contribution < -0.4 is 15.2 Å². The third-order valence-corrected chi connectivity index (χ3v) is 20.6. The fourth-order valence-electron chi connectivity index (χ4n) is 11.4. The molecule has 1 unspecified atom stereocenters. The van der Waals surface area contributed by atoms with Gasteiger partial charge in [0, 0.05) is 57.7 Å². The minimum Gasteiger partial charge on any atom is -0.481 e. The van der Waals surface area contributed by atoms with Crippen molar-refractivity contribution in [3.05, 3.63) is 128 Å². The van der Waals surface area contributed by atoms with Crippen molar-refractivity contribution >= 4 is 81.1 Å². The highest BCUT2D eigenvalue weighted by atomic mass is 35.5. The molecule has 37 heteroatoms. The minimum absolute atomic E-state index is 0.0891. The summed E-state index contributed by atoms with van der Waals surface area (Å²) in [6, 6.07) is 6.51. The number of hydrogen-bond donors (Lipinski definition) is 5. The molecule has 3 aromatic carbocycles. The second-order valence-corrected chi connectivity index (χ2v) is 30.6. The van der Waals surface area contributed by atoms with E-state index < -0.39 is 224 Å². The normalized spacial score (nSPS) is 16.4. The van der Waals surface area contributed by atoms with Gasteiger partial charge >= 0.3 is 32.1 Å². The number of rotatable bonds is 27. The molecule has 3 aromatic heterocycles. The number of fused-ring (bicyclic) bond motifs is 4. The van der Waals surface area contributed by atoms with Crippen LogP contribution in [0.2, 0.25) is 5.02 Å². The van der Waals surface area contributed by atoms with Crippen molar-refractivity contribution in [2.45, 2.75) is 166 Å². The van der Waals surface area contributed by atoms with Gasteiger partial charge in [-0.2, -0.15) is 45.3 Å². The van der Waals surface area contributed by atoms with E-state index in [1.54, 1.807) is 0 Å². The molecule has 3 amide bonds. The lowest BCUT2D eigenvalue weighted by molar-refractivity contribution is -0.147. The summed E-state index contributed by atoms with van der Waals surface area (Å²) in [5.74, 6) is -11.4.